The van der Waals surface area contributed by atoms with Crippen LogP contribution in [-0.4, -0.2) is 36.3 Å². The van der Waals surface area contributed by atoms with Gasteiger partial charge in [-0.1, -0.05) is 33.8 Å². The number of carbonyl (C=O) groups excluding carboxylic acids is 1. The lowest BCUT2D eigenvalue weighted by Gasteiger charge is -2.06. The number of fused-ring (bicyclic) bond motifs is 3. The first-order valence-corrected chi connectivity index (χ1v) is 10.6. The average Bonchev–Trinajstić information content (AvgIpc) is 2.99. The van der Waals surface area contributed by atoms with Crippen molar-refractivity contribution in [2.45, 2.75) is 12.1 Å². The molecule has 0 bridgehead atoms. The van der Waals surface area contributed by atoms with Gasteiger partial charge in [-0.05, 0) is 31.2 Å². The molecule has 0 aliphatic heterocycles. The van der Waals surface area contributed by atoms with Crippen LogP contribution in [0.3, 0.4) is 0 Å². The number of nitro benzene ring substituents is 1. The predicted molar refractivity (Wildman–Crippen MR) is 119 cm³/mol. The average molecular weight is 487 g/mol. The number of anilines is 1. The van der Waals surface area contributed by atoms with Crippen molar-refractivity contribution in [3.63, 3.8) is 0 Å². The Bertz CT molecular complexity index is 1320. The highest BCUT2D eigenvalue weighted by Gasteiger charge is 2.15. The number of aryl methyl sites for hydroxylation is 2. The quantitative estimate of drug-likeness (QED) is 0.255. The number of nitro groups is 1. The predicted octanol–water partition coefficient (Wildman–Crippen LogP) is 4.23. The van der Waals surface area contributed by atoms with Crippen LogP contribution in [0.2, 0.25) is 0 Å². The zero-order chi connectivity index (χ0) is 21.4. The molecule has 0 unspecified atom stereocenters. The number of halogens is 1. The van der Waals surface area contributed by atoms with Gasteiger partial charge in [-0.3, -0.25) is 14.9 Å². The molecule has 4 rings (SSSR count). The molecular weight excluding hydrogens is 472 g/mol. The Morgan fingerprint density at radius 2 is 2.07 bits per heavy atom. The molecule has 0 saturated carbocycles. The van der Waals surface area contributed by atoms with Crippen molar-refractivity contribution in [2.24, 2.45) is 7.05 Å². The molecule has 30 heavy (non-hydrogen) atoms. The first-order chi connectivity index (χ1) is 14.3. The van der Waals surface area contributed by atoms with Gasteiger partial charge in [0.1, 0.15) is 5.52 Å². The molecule has 0 saturated heterocycles. The summed E-state index contributed by atoms with van der Waals surface area (Å²) in [6.07, 6.45) is 0. The number of thioether (sulfide) groups is 1. The maximum absolute atomic E-state index is 12.3. The van der Waals surface area contributed by atoms with Crippen LogP contribution in [0, 0.1) is 17.0 Å². The molecule has 152 valence electrons. The van der Waals surface area contributed by atoms with Crippen LogP contribution in [0.4, 0.5) is 11.4 Å². The molecule has 0 atom stereocenters. The van der Waals surface area contributed by atoms with Crippen molar-refractivity contribution in [3.05, 3.63) is 56.5 Å². The van der Waals surface area contributed by atoms with Crippen molar-refractivity contribution < 1.29 is 9.72 Å². The van der Waals surface area contributed by atoms with Gasteiger partial charge in [-0.25, -0.2) is 4.98 Å². The first-order valence-electron chi connectivity index (χ1n) is 8.79. The van der Waals surface area contributed by atoms with Crippen LogP contribution < -0.4 is 5.32 Å². The number of hydrogen-bond donors (Lipinski definition) is 1. The Hall–Kier alpha value is -3.05. The van der Waals surface area contributed by atoms with Gasteiger partial charge in [0.25, 0.3) is 5.69 Å². The van der Waals surface area contributed by atoms with Crippen molar-refractivity contribution in [1.82, 2.24) is 19.7 Å². The zero-order valence-corrected chi connectivity index (χ0v) is 18.3. The highest BCUT2D eigenvalue weighted by molar-refractivity contribution is 9.10. The van der Waals surface area contributed by atoms with Crippen LogP contribution in [0.5, 0.6) is 0 Å². The highest BCUT2D eigenvalue weighted by Crippen LogP contribution is 2.29. The third-order valence-corrected chi connectivity index (χ3v) is 5.89. The van der Waals surface area contributed by atoms with Crippen molar-refractivity contribution >= 4 is 67.0 Å². The molecular formula is C19H15BrN6O3S. The molecule has 0 aliphatic carbocycles. The number of nitrogens with zero attached hydrogens (tertiary/aromatic N) is 5. The summed E-state index contributed by atoms with van der Waals surface area (Å²) in [5.41, 5.74) is 3.20. The second-order valence-corrected chi connectivity index (χ2v) is 8.44. The van der Waals surface area contributed by atoms with Gasteiger partial charge in [0, 0.05) is 34.2 Å². The van der Waals surface area contributed by atoms with Gasteiger partial charge in [-0.15, -0.1) is 10.2 Å². The van der Waals surface area contributed by atoms with Crippen molar-refractivity contribution in [2.75, 3.05) is 11.1 Å². The lowest BCUT2D eigenvalue weighted by molar-refractivity contribution is -0.385. The summed E-state index contributed by atoms with van der Waals surface area (Å²) in [5.74, 6) is -0.271. The van der Waals surface area contributed by atoms with Gasteiger partial charge < -0.3 is 9.88 Å². The summed E-state index contributed by atoms with van der Waals surface area (Å²) < 4.78 is 2.87. The Morgan fingerprint density at radius 3 is 2.83 bits per heavy atom. The maximum Gasteiger partial charge on any atom is 0.274 e. The summed E-state index contributed by atoms with van der Waals surface area (Å²) in [7, 11) is 1.90. The van der Waals surface area contributed by atoms with Crippen LogP contribution in [0.25, 0.3) is 22.1 Å². The zero-order valence-electron chi connectivity index (χ0n) is 15.9. The number of aromatic nitrogens is 4. The minimum atomic E-state index is -0.475. The lowest BCUT2D eigenvalue weighted by Crippen LogP contribution is -2.14. The van der Waals surface area contributed by atoms with Gasteiger partial charge >= 0.3 is 0 Å². The van der Waals surface area contributed by atoms with E-state index in [0.717, 1.165) is 27.1 Å². The summed E-state index contributed by atoms with van der Waals surface area (Å²) in [4.78, 5) is 27.4. The van der Waals surface area contributed by atoms with E-state index in [9.17, 15) is 14.9 Å². The van der Waals surface area contributed by atoms with E-state index in [2.05, 4.69) is 36.4 Å². The van der Waals surface area contributed by atoms with Gasteiger partial charge in [0.2, 0.25) is 11.1 Å². The second-order valence-electron chi connectivity index (χ2n) is 6.58. The number of rotatable bonds is 5. The van der Waals surface area contributed by atoms with Crippen LogP contribution in [0.1, 0.15) is 5.56 Å². The minimum absolute atomic E-state index is 0.0409. The SMILES string of the molecule is Cc1ccc(NC(=O)CSc2nnc3c4cc(Br)ccc4n(C)c3n2)cc1[N+](=O)[O-]. The number of hydrogen-bond acceptors (Lipinski definition) is 7. The van der Waals surface area contributed by atoms with E-state index in [-0.39, 0.29) is 17.3 Å². The van der Waals surface area contributed by atoms with Gasteiger partial charge in [-0.2, -0.15) is 0 Å². The molecule has 4 aromatic rings. The van der Waals surface area contributed by atoms with E-state index in [4.69, 9.17) is 0 Å². The van der Waals surface area contributed by atoms with E-state index in [1.165, 1.54) is 6.07 Å². The van der Waals surface area contributed by atoms with E-state index < -0.39 is 4.92 Å². The largest absolute Gasteiger partial charge is 0.327 e. The number of carbonyl (C=O) groups is 1. The third kappa shape index (κ3) is 3.85. The standard InChI is InChI=1S/C19H15BrN6O3S/c1-10-3-5-12(8-15(10)26(28)29)21-16(27)9-30-19-22-18-17(23-24-19)13-7-11(20)4-6-14(13)25(18)2/h3-8H,9H2,1-2H3,(H,21,27). The second kappa shape index (κ2) is 8.00. The molecule has 0 spiro atoms. The smallest absolute Gasteiger partial charge is 0.274 e. The van der Waals surface area contributed by atoms with Crippen LogP contribution in [0.15, 0.2) is 46.0 Å². The van der Waals surface area contributed by atoms with Crippen molar-refractivity contribution in [3.8, 4) is 0 Å². The van der Waals surface area contributed by atoms with E-state index in [0.29, 0.717) is 27.6 Å². The van der Waals surface area contributed by atoms with E-state index in [1.807, 2.05) is 29.8 Å². The molecule has 0 aliphatic rings. The molecule has 1 amide bonds. The molecule has 2 heterocycles. The highest BCUT2D eigenvalue weighted by atomic mass is 79.9. The number of nitrogens with one attached hydrogen (secondary N) is 1. The van der Waals surface area contributed by atoms with Gasteiger partial charge in [0.05, 0.1) is 16.2 Å². The van der Waals surface area contributed by atoms with Crippen LogP contribution >= 0.6 is 27.7 Å². The fraction of sp³-hybridized carbons (Fsp3) is 0.158. The number of amides is 1. The van der Waals surface area contributed by atoms with Crippen LogP contribution in [-0.2, 0) is 11.8 Å². The normalized spacial score (nSPS) is 11.2. The third-order valence-electron chi connectivity index (χ3n) is 4.56. The Labute approximate surface area is 183 Å². The topological polar surface area (TPSA) is 116 Å². The summed E-state index contributed by atoms with van der Waals surface area (Å²) in [5, 5.41) is 23.4. The lowest BCUT2D eigenvalue weighted by atomic mass is 10.2. The summed E-state index contributed by atoms with van der Waals surface area (Å²) in [6, 6.07) is 10.5. The fourth-order valence-electron chi connectivity index (χ4n) is 3.09. The van der Waals surface area contributed by atoms with E-state index >= 15 is 0 Å². The Balaban J connectivity index is 1.50. The molecule has 2 aromatic carbocycles. The molecule has 0 fully saturated rings. The van der Waals surface area contributed by atoms with E-state index in [1.54, 1.807) is 19.1 Å². The van der Waals surface area contributed by atoms with Crippen molar-refractivity contribution in [1.29, 1.82) is 0 Å². The molecule has 2 aromatic heterocycles. The summed E-state index contributed by atoms with van der Waals surface area (Å²) in [6.45, 7) is 1.64. The maximum atomic E-state index is 12.3. The first kappa shape index (κ1) is 20.2. The minimum Gasteiger partial charge on any atom is -0.327 e. The Morgan fingerprint density at radius 1 is 1.27 bits per heavy atom. The summed E-state index contributed by atoms with van der Waals surface area (Å²) >= 11 is 4.61. The molecule has 9 nitrogen and oxygen atoms in total. The fourth-order valence-corrected chi connectivity index (χ4v) is 4.03. The molecule has 1 N–H and O–H groups in total. The van der Waals surface area contributed by atoms with Gasteiger partial charge in [0.15, 0.2) is 5.65 Å². The Kier molecular flexibility index (Phi) is 5.39. The molecule has 11 heteroatoms. The monoisotopic (exact) mass is 486 g/mol. The number of benzene rings is 2. The molecule has 0 radical (unpaired) electrons.